The van der Waals surface area contributed by atoms with Gasteiger partial charge in [-0.3, -0.25) is 14.3 Å². The molecule has 1 aliphatic heterocycles. The van der Waals surface area contributed by atoms with Gasteiger partial charge in [0.05, 0.1) is 11.0 Å². The molecule has 152 valence electrons. The average molecular weight is 400 g/mol. The van der Waals surface area contributed by atoms with E-state index in [1.54, 1.807) is 0 Å². The molecular weight excluding hydrogens is 376 g/mol. The van der Waals surface area contributed by atoms with Gasteiger partial charge in [0, 0.05) is 32.7 Å². The van der Waals surface area contributed by atoms with E-state index in [-0.39, 0.29) is 18.1 Å². The Morgan fingerprint density at radius 3 is 2.47 bits per heavy atom. The second-order valence-corrected chi connectivity index (χ2v) is 7.83. The minimum absolute atomic E-state index is 0.00772. The molecule has 0 radical (unpaired) electrons. The number of aromatic amines is 1. The lowest BCUT2D eigenvalue weighted by Gasteiger charge is -2.35. The maximum Gasteiger partial charge on any atom is 0.326 e. The number of benzene rings is 3. The third-order valence-electron chi connectivity index (χ3n) is 5.97. The van der Waals surface area contributed by atoms with Crippen molar-refractivity contribution in [3.63, 3.8) is 0 Å². The van der Waals surface area contributed by atoms with Gasteiger partial charge in [-0.1, -0.05) is 54.6 Å². The van der Waals surface area contributed by atoms with Crippen LogP contribution >= 0.6 is 0 Å². The summed E-state index contributed by atoms with van der Waals surface area (Å²) >= 11 is 0. The first kappa shape index (κ1) is 18.6. The number of nitrogens with zero attached hydrogens (tertiary/aromatic N) is 3. The monoisotopic (exact) mass is 400 g/mol. The maximum absolute atomic E-state index is 12.8. The predicted molar refractivity (Wildman–Crippen MR) is 118 cm³/mol. The van der Waals surface area contributed by atoms with Gasteiger partial charge in [0.1, 0.15) is 6.54 Å². The van der Waals surface area contributed by atoms with Gasteiger partial charge in [-0.15, -0.1) is 0 Å². The molecular formula is C24H24N4O2. The molecule has 30 heavy (non-hydrogen) atoms. The van der Waals surface area contributed by atoms with Gasteiger partial charge in [0.15, 0.2) is 0 Å². The number of carbonyl (C=O) groups is 1. The molecule has 0 atom stereocenters. The molecule has 3 aromatic carbocycles. The fraction of sp³-hybridized carbons (Fsp3) is 0.250. The summed E-state index contributed by atoms with van der Waals surface area (Å²) in [6.45, 7) is 3.98. The average Bonchev–Trinajstić information content (AvgIpc) is 3.09. The van der Waals surface area contributed by atoms with E-state index in [2.05, 4.69) is 52.3 Å². The molecule has 0 bridgehead atoms. The number of aromatic nitrogens is 2. The van der Waals surface area contributed by atoms with E-state index in [4.69, 9.17) is 0 Å². The first-order valence-electron chi connectivity index (χ1n) is 10.3. The van der Waals surface area contributed by atoms with E-state index in [1.807, 2.05) is 29.2 Å². The highest BCUT2D eigenvalue weighted by Gasteiger charge is 2.22. The summed E-state index contributed by atoms with van der Waals surface area (Å²) < 4.78 is 1.53. The largest absolute Gasteiger partial charge is 0.339 e. The molecule has 1 saturated heterocycles. The van der Waals surface area contributed by atoms with Crippen LogP contribution in [0.2, 0.25) is 0 Å². The van der Waals surface area contributed by atoms with E-state index in [0.717, 1.165) is 30.7 Å². The lowest BCUT2D eigenvalue weighted by atomic mass is 10.0. The summed E-state index contributed by atoms with van der Waals surface area (Å²) in [5.74, 6) is -0.00772. The molecule has 5 rings (SSSR count). The molecule has 6 heteroatoms. The molecule has 0 aliphatic carbocycles. The molecule has 1 fully saturated rings. The summed E-state index contributed by atoms with van der Waals surface area (Å²) in [5.41, 5.74) is 2.61. The van der Waals surface area contributed by atoms with Crippen LogP contribution in [0.15, 0.2) is 71.5 Å². The van der Waals surface area contributed by atoms with Crippen molar-refractivity contribution in [2.75, 3.05) is 26.2 Å². The second kappa shape index (κ2) is 7.80. The van der Waals surface area contributed by atoms with Crippen molar-refractivity contribution < 1.29 is 4.79 Å². The van der Waals surface area contributed by atoms with Crippen molar-refractivity contribution in [3.8, 4) is 0 Å². The Hall–Kier alpha value is -3.38. The van der Waals surface area contributed by atoms with E-state index in [1.165, 1.54) is 20.9 Å². The number of rotatable bonds is 4. The molecule has 0 spiro atoms. The van der Waals surface area contributed by atoms with E-state index >= 15 is 0 Å². The summed E-state index contributed by atoms with van der Waals surface area (Å²) in [4.78, 5) is 32.2. The number of piperazine rings is 1. The summed E-state index contributed by atoms with van der Waals surface area (Å²) in [6, 6.07) is 22.4. The molecule has 1 aliphatic rings. The Kier molecular flexibility index (Phi) is 4.85. The zero-order valence-electron chi connectivity index (χ0n) is 16.8. The number of fused-ring (bicyclic) bond motifs is 2. The van der Waals surface area contributed by atoms with Crippen molar-refractivity contribution in [1.82, 2.24) is 19.4 Å². The van der Waals surface area contributed by atoms with Crippen molar-refractivity contribution in [2.24, 2.45) is 0 Å². The zero-order chi connectivity index (χ0) is 20.5. The zero-order valence-corrected chi connectivity index (χ0v) is 16.8. The molecule has 0 unspecified atom stereocenters. The number of imidazole rings is 1. The van der Waals surface area contributed by atoms with Crippen LogP contribution in [0.1, 0.15) is 5.56 Å². The summed E-state index contributed by atoms with van der Waals surface area (Å²) in [7, 11) is 0. The molecule has 1 amide bonds. The van der Waals surface area contributed by atoms with Gasteiger partial charge in [-0.2, -0.15) is 0 Å². The number of H-pyrrole nitrogens is 1. The highest BCUT2D eigenvalue weighted by atomic mass is 16.2. The molecule has 1 aromatic heterocycles. The Balaban J connectivity index is 1.24. The van der Waals surface area contributed by atoms with Crippen molar-refractivity contribution in [2.45, 2.75) is 13.1 Å². The van der Waals surface area contributed by atoms with Crippen LogP contribution in [-0.2, 0) is 17.9 Å². The normalized spacial score (nSPS) is 15.1. The van der Waals surface area contributed by atoms with E-state index in [0.29, 0.717) is 13.1 Å². The lowest BCUT2D eigenvalue weighted by Crippen LogP contribution is -2.49. The van der Waals surface area contributed by atoms with Gasteiger partial charge in [0.2, 0.25) is 5.91 Å². The molecule has 2 heterocycles. The van der Waals surface area contributed by atoms with Gasteiger partial charge in [-0.05, 0) is 28.5 Å². The van der Waals surface area contributed by atoms with E-state index < -0.39 is 0 Å². The van der Waals surface area contributed by atoms with Gasteiger partial charge in [0.25, 0.3) is 0 Å². The number of carbonyl (C=O) groups excluding carboxylic acids is 1. The predicted octanol–water partition coefficient (Wildman–Crippen LogP) is 2.83. The Bertz CT molecular complexity index is 1260. The highest BCUT2D eigenvalue weighted by Crippen LogP contribution is 2.20. The van der Waals surface area contributed by atoms with Crippen LogP contribution in [0.25, 0.3) is 21.8 Å². The molecule has 6 nitrogen and oxygen atoms in total. The van der Waals surface area contributed by atoms with Crippen molar-refractivity contribution in [1.29, 1.82) is 0 Å². The number of para-hydroxylation sites is 2. The van der Waals surface area contributed by atoms with Crippen LogP contribution in [0.5, 0.6) is 0 Å². The minimum Gasteiger partial charge on any atom is -0.339 e. The number of hydrogen-bond donors (Lipinski definition) is 1. The van der Waals surface area contributed by atoms with Crippen molar-refractivity contribution >= 4 is 27.7 Å². The Morgan fingerprint density at radius 2 is 1.60 bits per heavy atom. The first-order valence-corrected chi connectivity index (χ1v) is 10.3. The summed E-state index contributed by atoms with van der Waals surface area (Å²) in [5, 5.41) is 2.55. The quantitative estimate of drug-likeness (QED) is 0.573. The standard InChI is InChI=1S/C24H24N4O2/c29-23(17-28-22-11-4-3-10-21(22)25-24(28)30)27-14-12-26(13-15-27)16-19-8-5-7-18-6-1-2-9-20(18)19/h1-11H,12-17H2,(H,25,30). The van der Waals surface area contributed by atoms with Gasteiger partial charge in [-0.25, -0.2) is 4.79 Å². The van der Waals surface area contributed by atoms with Crippen LogP contribution in [0.4, 0.5) is 0 Å². The summed E-state index contributed by atoms with van der Waals surface area (Å²) in [6.07, 6.45) is 0. The Labute approximate surface area is 174 Å². The van der Waals surface area contributed by atoms with E-state index in [9.17, 15) is 9.59 Å². The smallest absolute Gasteiger partial charge is 0.326 e. The first-order chi connectivity index (χ1) is 14.7. The molecule has 0 saturated carbocycles. The SMILES string of the molecule is O=C(Cn1c(=O)[nH]c2ccccc21)N1CCN(Cc2cccc3ccccc23)CC1. The fourth-order valence-corrected chi connectivity index (χ4v) is 4.33. The second-order valence-electron chi connectivity index (χ2n) is 7.83. The third-order valence-corrected chi connectivity index (χ3v) is 5.97. The third kappa shape index (κ3) is 3.50. The molecule has 1 N–H and O–H groups in total. The minimum atomic E-state index is -0.237. The lowest BCUT2D eigenvalue weighted by molar-refractivity contribution is -0.133. The number of amides is 1. The highest BCUT2D eigenvalue weighted by molar-refractivity contribution is 5.85. The van der Waals surface area contributed by atoms with Crippen molar-refractivity contribution in [3.05, 3.63) is 82.8 Å². The fourth-order valence-electron chi connectivity index (χ4n) is 4.33. The number of hydrogen-bond acceptors (Lipinski definition) is 3. The Morgan fingerprint density at radius 1 is 0.867 bits per heavy atom. The molecule has 4 aromatic rings. The maximum atomic E-state index is 12.8. The number of nitrogens with one attached hydrogen (secondary N) is 1. The van der Waals surface area contributed by atoms with Gasteiger partial charge < -0.3 is 9.88 Å². The van der Waals surface area contributed by atoms with Crippen LogP contribution < -0.4 is 5.69 Å². The van der Waals surface area contributed by atoms with Crippen LogP contribution in [0.3, 0.4) is 0 Å². The van der Waals surface area contributed by atoms with Crippen LogP contribution in [-0.4, -0.2) is 51.4 Å². The van der Waals surface area contributed by atoms with Crippen LogP contribution in [0, 0.1) is 0 Å². The van der Waals surface area contributed by atoms with Gasteiger partial charge >= 0.3 is 5.69 Å². The topological polar surface area (TPSA) is 61.3 Å².